The van der Waals surface area contributed by atoms with Crippen molar-refractivity contribution in [1.29, 1.82) is 0 Å². The van der Waals surface area contributed by atoms with Gasteiger partial charge in [-0.05, 0) is 47.7 Å². The Morgan fingerprint density at radius 1 is 1.06 bits per heavy atom. The van der Waals surface area contributed by atoms with Crippen LogP contribution >= 0.6 is 0 Å². The van der Waals surface area contributed by atoms with E-state index >= 15 is 0 Å². The van der Waals surface area contributed by atoms with Crippen LogP contribution in [0.1, 0.15) is 47.8 Å². The Balaban J connectivity index is 1.87. The fourth-order valence-corrected chi connectivity index (χ4v) is 3.91. The van der Waals surface area contributed by atoms with E-state index in [4.69, 9.17) is 14.6 Å². The molecule has 0 aromatic heterocycles. The molecule has 0 aliphatic carbocycles. The van der Waals surface area contributed by atoms with Crippen LogP contribution < -0.4 is 10.1 Å². The van der Waals surface area contributed by atoms with Gasteiger partial charge in [0.2, 0.25) is 0 Å². The molecule has 1 atom stereocenters. The predicted octanol–water partition coefficient (Wildman–Crippen LogP) is 3.35. The van der Waals surface area contributed by atoms with Crippen LogP contribution in [0.2, 0.25) is 0 Å². The summed E-state index contributed by atoms with van der Waals surface area (Å²) < 4.78 is 11.8. The third-order valence-electron chi connectivity index (χ3n) is 5.49. The Hall–Kier alpha value is -2.90. The van der Waals surface area contributed by atoms with Crippen LogP contribution in [0.3, 0.4) is 0 Å². The Kier molecular flexibility index (Phi) is 8.86. The molecule has 7 heteroatoms. The number of fused-ring (bicyclic) bond motifs is 3. The zero-order valence-corrected chi connectivity index (χ0v) is 19.7. The predicted molar refractivity (Wildman–Crippen MR) is 127 cm³/mol. The van der Waals surface area contributed by atoms with E-state index in [1.807, 2.05) is 0 Å². The van der Waals surface area contributed by atoms with Gasteiger partial charge in [-0.3, -0.25) is 14.5 Å². The lowest BCUT2D eigenvalue weighted by atomic mass is 9.99. The minimum atomic E-state index is -1.08. The molecule has 2 N–H and O–H groups in total. The van der Waals surface area contributed by atoms with Crippen molar-refractivity contribution < 1.29 is 24.2 Å². The van der Waals surface area contributed by atoms with E-state index in [0.29, 0.717) is 43.5 Å². The van der Waals surface area contributed by atoms with E-state index in [-0.39, 0.29) is 0 Å². The second-order valence-electron chi connectivity index (χ2n) is 8.94. The minimum Gasteiger partial charge on any atom is -0.491 e. The van der Waals surface area contributed by atoms with Gasteiger partial charge in [0.05, 0.1) is 13.2 Å². The molecule has 2 aromatic carbocycles. The molecule has 7 nitrogen and oxygen atoms in total. The van der Waals surface area contributed by atoms with Crippen LogP contribution in [-0.2, 0) is 22.5 Å². The van der Waals surface area contributed by atoms with Crippen LogP contribution in [-0.4, -0.2) is 60.8 Å². The quantitative estimate of drug-likeness (QED) is 0.721. The fourth-order valence-electron chi connectivity index (χ4n) is 3.91. The zero-order chi connectivity index (χ0) is 23.8. The summed E-state index contributed by atoms with van der Waals surface area (Å²) in [5, 5.41) is 11.6. The highest BCUT2D eigenvalue weighted by Crippen LogP contribution is 2.25. The van der Waals surface area contributed by atoms with Gasteiger partial charge in [0.15, 0.2) is 0 Å². The highest BCUT2D eigenvalue weighted by atomic mass is 16.5. The minimum absolute atomic E-state index is 0.405. The number of aliphatic carboxylic acids is 1. The highest BCUT2D eigenvalue weighted by molar-refractivity contribution is 5.96. The Bertz CT molecular complexity index is 959. The molecule has 2 aromatic rings. The molecule has 1 heterocycles. The smallest absolute Gasteiger partial charge is 0.325 e. The Morgan fingerprint density at radius 3 is 2.61 bits per heavy atom. The number of carbonyl (C=O) groups excluding carboxylic acids is 1. The number of carboxylic acids is 1. The van der Waals surface area contributed by atoms with Gasteiger partial charge in [-0.1, -0.05) is 38.1 Å². The van der Waals surface area contributed by atoms with Crippen molar-refractivity contribution in [3.05, 3.63) is 64.7 Å². The summed E-state index contributed by atoms with van der Waals surface area (Å²) in [4.78, 5) is 26.1. The summed E-state index contributed by atoms with van der Waals surface area (Å²) in [7, 11) is 0. The Morgan fingerprint density at radius 2 is 1.85 bits per heavy atom. The van der Waals surface area contributed by atoms with Gasteiger partial charge in [-0.2, -0.15) is 0 Å². The monoisotopic (exact) mass is 454 g/mol. The van der Waals surface area contributed by atoms with E-state index in [0.717, 1.165) is 30.8 Å². The summed E-state index contributed by atoms with van der Waals surface area (Å²) >= 11 is 0. The Labute approximate surface area is 195 Å². The maximum Gasteiger partial charge on any atom is 0.325 e. The number of amides is 1. The molecule has 1 aliphatic heterocycles. The van der Waals surface area contributed by atoms with Crippen LogP contribution in [0, 0.1) is 5.92 Å². The van der Waals surface area contributed by atoms with Crippen molar-refractivity contribution in [2.24, 2.45) is 5.92 Å². The van der Waals surface area contributed by atoms with Crippen LogP contribution in [0.15, 0.2) is 42.5 Å². The molecule has 0 fully saturated rings. The van der Waals surface area contributed by atoms with Crippen molar-refractivity contribution in [3.63, 3.8) is 0 Å². The second kappa shape index (κ2) is 11.8. The van der Waals surface area contributed by atoms with Crippen molar-refractivity contribution >= 4 is 11.9 Å². The fraction of sp³-hybridized carbons (Fsp3) is 0.462. The van der Waals surface area contributed by atoms with Gasteiger partial charge >= 0.3 is 5.97 Å². The lowest BCUT2D eigenvalue weighted by molar-refractivity contribution is -0.138. The number of carboxylic acid groups (broad SMARTS) is 1. The van der Waals surface area contributed by atoms with Gasteiger partial charge in [-0.25, -0.2) is 0 Å². The van der Waals surface area contributed by atoms with Gasteiger partial charge in [0.1, 0.15) is 18.4 Å². The molecule has 178 valence electrons. The van der Waals surface area contributed by atoms with Gasteiger partial charge in [-0.15, -0.1) is 0 Å². The number of carbonyl (C=O) groups is 2. The molecule has 33 heavy (non-hydrogen) atoms. The van der Waals surface area contributed by atoms with E-state index < -0.39 is 17.9 Å². The zero-order valence-electron chi connectivity index (χ0n) is 19.7. The highest BCUT2D eigenvalue weighted by Gasteiger charge is 2.17. The molecule has 0 radical (unpaired) electrons. The lowest BCUT2D eigenvalue weighted by Gasteiger charge is -2.25. The number of rotatable bonds is 5. The number of nitrogens with zero attached hydrogens (tertiary/aromatic N) is 1. The van der Waals surface area contributed by atoms with E-state index in [2.05, 4.69) is 48.3 Å². The molecular weight excluding hydrogens is 420 g/mol. The molecular formula is C26H34N2O5. The molecule has 1 unspecified atom stereocenters. The third-order valence-corrected chi connectivity index (χ3v) is 5.49. The van der Waals surface area contributed by atoms with Gasteiger partial charge in [0.25, 0.3) is 5.91 Å². The van der Waals surface area contributed by atoms with E-state index in [9.17, 15) is 9.59 Å². The standard InChI is InChI=1S/C26H34N2O5/c1-18(2)16-28-9-10-32-11-12-33-24-8-7-22(25(29)27-19(3)26(30)31)15-23(24)14-20-5-4-6-21(13-20)17-28/h4-8,13,15,18-19H,9-12,14,16-17H2,1-3H3,(H,27,29)(H,30,31). The second-order valence-corrected chi connectivity index (χ2v) is 8.94. The average Bonchev–Trinajstić information content (AvgIpc) is 2.76. The molecule has 0 saturated carbocycles. The summed E-state index contributed by atoms with van der Waals surface area (Å²) in [5.41, 5.74) is 3.64. The van der Waals surface area contributed by atoms with Crippen molar-refractivity contribution in [3.8, 4) is 5.75 Å². The maximum atomic E-state index is 12.6. The number of benzene rings is 2. The van der Waals surface area contributed by atoms with E-state index in [1.54, 1.807) is 18.2 Å². The first-order chi connectivity index (χ1) is 15.8. The van der Waals surface area contributed by atoms with Crippen molar-refractivity contribution in [1.82, 2.24) is 10.2 Å². The SMILES string of the molecule is CC(C)CN1CCOCCOc2ccc(C(=O)NC(C)C(=O)O)cc2Cc2cccc(c2)C1. The number of nitrogens with one attached hydrogen (secondary N) is 1. The summed E-state index contributed by atoms with van der Waals surface area (Å²) in [5.74, 6) is -0.233. The van der Waals surface area contributed by atoms with Crippen LogP contribution in [0.5, 0.6) is 5.75 Å². The topological polar surface area (TPSA) is 88.1 Å². The van der Waals surface area contributed by atoms with Crippen LogP contribution in [0.25, 0.3) is 0 Å². The molecule has 1 aliphatic rings. The maximum absolute atomic E-state index is 12.6. The summed E-state index contributed by atoms with van der Waals surface area (Å²) in [6.07, 6.45) is 0.601. The third kappa shape index (κ3) is 7.58. The molecule has 0 saturated heterocycles. The van der Waals surface area contributed by atoms with Crippen molar-refractivity contribution in [2.75, 3.05) is 32.9 Å². The van der Waals surface area contributed by atoms with Crippen LogP contribution in [0.4, 0.5) is 0 Å². The van der Waals surface area contributed by atoms with E-state index in [1.165, 1.54) is 12.5 Å². The van der Waals surface area contributed by atoms with Gasteiger partial charge < -0.3 is 19.9 Å². The number of hydrogen-bond donors (Lipinski definition) is 2. The summed E-state index contributed by atoms with van der Waals surface area (Å²) in [6, 6.07) is 12.7. The lowest BCUT2D eigenvalue weighted by Crippen LogP contribution is -2.38. The number of ether oxygens (including phenoxy) is 2. The molecule has 1 amide bonds. The molecule has 2 bridgehead atoms. The first-order valence-corrected chi connectivity index (χ1v) is 11.5. The molecule has 0 spiro atoms. The first-order valence-electron chi connectivity index (χ1n) is 11.5. The molecule has 3 rings (SSSR count). The average molecular weight is 455 g/mol. The largest absolute Gasteiger partial charge is 0.491 e. The van der Waals surface area contributed by atoms with Crippen molar-refractivity contribution in [2.45, 2.75) is 39.8 Å². The van der Waals surface area contributed by atoms with Gasteiger partial charge in [0, 0.05) is 31.6 Å². The summed E-state index contributed by atoms with van der Waals surface area (Å²) in [6.45, 7) is 10.1. The normalized spacial score (nSPS) is 16.2. The number of hydrogen-bond acceptors (Lipinski definition) is 5. The first kappa shape index (κ1) is 24.7.